The molecule has 3 amide bonds. The lowest BCUT2D eigenvalue weighted by atomic mass is 9.95. The minimum absolute atomic E-state index is 0.0232. The van der Waals surface area contributed by atoms with E-state index in [9.17, 15) is 9.59 Å². The molecule has 0 radical (unpaired) electrons. The molecule has 1 unspecified atom stereocenters. The Bertz CT molecular complexity index is 602. The van der Waals surface area contributed by atoms with E-state index in [0.29, 0.717) is 38.4 Å². The molecule has 1 atom stereocenters. The summed E-state index contributed by atoms with van der Waals surface area (Å²) >= 11 is 0. The first-order chi connectivity index (χ1) is 11.0. The number of nitrogens with one attached hydrogen (secondary N) is 1. The van der Waals surface area contributed by atoms with Gasteiger partial charge in [0.1, 0.15) is 0 Å². The van der Waals surface area contributed by atoms with Gasteiger partial charge in [-0.3, -0.25) is 9.69 Å². The van der Waals surface area contributed by atoms with Gasteiger partial charge in [0.05, 0.1) is 18.8 Å². The molecule has 2 fully saturated rings. The van der Waals surface area contributed by atoms with Crippen LogP contribution in [-0.4, -0.2) is 55.2 Å². The van der Waals surface area contributed by atoms with E-state index in [-0.39, 0.29) is 17.5 Å². The Morgan fingerprint density at radius 1 is 1.30 bits per heavy atom. The molecule has 6 nitrogen and oxygen atoms in total. The molecule has 2 aliphatic rings. The van der Waals surface area contributed by atoms with Gasteiger partial charge < -0.3 is 15.0 Å². The van der Waals surface area contributed by atoms with Crippen molar-refractivity contribution in [2.24, 2.45) is 0 Å². The van der Waals surface area contributed by atoms with Crippen molar-refractivity contribution in [3.63, 3.8) is 0 Å². The summed E-state index contributed by atoms with van der Waals surface area (Å²) in [5, 5.41) is 2.77. The Morgan fingerprint density at radius 2 is 2.04 bits per heavy atom. The largest absolute Gasteiger partial charge is 0.377 e. The fourth-order valence-corrected chi connectivity index (χ4v) is 3.09. The van der Waals surface area contributed by atoms with E-state index >= 15 is 0 Å². The number of hydrogen-bond acceptors (Lipinski definition) is 3. The average molecular weight is 317 g/mol. The number of urea groups is 1. The van der Waals surface area contributed by atoms with Gasteiger partial charge in [-0.2, -0.15) is 0 Å². The zero-order valence-electron chi connectivity index (χ0n) is 13.7. The molecule has 0 aliphatic carbocycles. The monoisotopic (exact) mass is 317 g/mol. The SMILES string of the molecule is CCC1(C)COCCN1C(=O)c1ccc(N2CCNC2=O)cc1. The number of rotatable bonds is 3. The van der Waals surface area contributed by atoms with E-state index in [0.717, 1.165) is 12.1 Å². The fourth-order valence-electron chi connectivity index (χ4n) is 3.09. The van der Waals surface area contributed by atoms with Crippen molar-refractivity contribution < 1.29 is 14.3 Å². The van der Waals surface area contributed by atoms with Crippen LogP contribution in [0.15, 0.2) is 24.3 Å². The van der Waals surface area contributed by atoms with Crippen LogP contribution >= 0.6 is 0 Å². The average Bonchev–Trinajstić information content (AvgIpc) is 3.01. The maximum atomic E-state index is 12.8. The summed E-state index contributed by atoms with van der Waals surface area (Å²) in [6, 6.07) is 7.18. The first kappa shape index (κ1) is 15.8. The minimum Gasteiger partial charge on any atom is -0.377 e. The molecule has 3 rings (SSSR count). The Hall–Kier alpha value is -2.08. The number of benzene rings is 1. The molecular formula is C17H23N3O3. The van der Waals surface area contributed by atoms with E-state index in [1.165, 1.54) is 0 Å². The molecule has 6 heteroatoms. The van der Waals surface area contributed by atoms with Gasteiger partial charge in [-0.15, -0.1) is 0 Å². The second-order valence-electron chi connectivity index (χ2n) is 6.29. The summed E-state index contributed by atoms with van der Waals surface area (Å²) < 4.78 is 5.55. The molecule has 124 valence electrons. The summed E-state index contributed by atoms with van der Waals surface area (Å²) in [6.45, 7) is 7.21. The Balaban J connectivity index is 1.78. The summed E-state index contributed by atoms with van der Waals surface area (Å²) in [5.41, 5.74) is 1.20. The third-order valence-corrected chi connectivity index (χ3v) is 4.81. The summed E-state index contributed by atoms with van der Waals surface area (Å²) in [7, 11) is 0. The van der Waals surface area contributed by atoms with E-state index in [4.69, 9.17) is 4.74 Å². The Kier molecular flexibility index (Phi) is 4.26. The van der Waals surface area contributed by atoms with Crippen LogP contribution in [0.4, 0.5) is 10.5 Å². The molecule has 2 aliphatic heterocycles. The maximum Gasteiger partial charge on any atom is 0.321 e. The summed E-state index contributed by atoms with van der Waals surface area (Å²) in [4.78, 5) is 28.1. The van der Waals surface area contributed by atoms with Gasteiger partial charge in [-0.1, -0.05) is 6.92 Å². The van der Waals surface area contributed by atoms with Crippen LogP contribution in [0.2, 0.25) is 0 Å². The molecular weight excluding hydrogens is 294 g/mol. The Morgan fingerprint density at radius 3 is 2.65 bits per heavy atom. The van der Waals surface area contributed by atoms with Crippen molar-refractivity contribution in [2.45, 2.75) is 25.8 Å². The van der Waals surface area contributed by atoms with Crippen molar-refractivity contribution in [1.29, 1.82) is 0 Å². The number of carbonyl (C=O) groups is 2. The molecule has 2 saturated heterocycles. The number of anilines is 1. The molecule has 1 aromatic carbocycles. The van der Waals surface area contributed by atoms with E-state index in [1.54, 1.807) is 17.0 Å². The third-order valence-electron chi connectivity index (χ3n) is 4.81. The van der Waals surface area contributed by atoms with Gasteiger partial charge in [0.25, 0.3) is 5.91 Å². The van der Waals surface area contributed by atoms with Crippen molar-refractivity contribution in [3.05, 3.63) is 29.8 Å². The molecule has 0 saturated carbocycles. The zero-order chi connectivity index (χ0) is 16.4. The van der Waals surface area contributed by atoms with Crippen molar-refractivity contribution >= 4 is 17.6 Å². The highest BCUT2D eigenvalue weighted by molar-refractivity contribution is 5.97. The van der Waals surface area contributed by atoms with E-state index in [1.807, 2.05) is 17.0 Å². The van der Waals surface area contributed by atoms with Crippen LogP contribution in [-0.2, 0) is 4.74 Å². The van der Waals surface area contributed by atoms with E-state index in [2.05, 4.69) is 19.2 Å². The van der Waals surface area contributed by atoms with Gasteiger partial charge in [0.2, 0.25) is 0 Å². The first-order valence-electron chi connectivity index (χ1n) is 8.10. The van der Waals surface area contributed by atoms with Gasteiger partial charge in [-0.05, 0) is 37.6 Å². The molecule has 23 heavy (non-hydrogen) atoms. The van der Waals surface area contributed by atoms with Crippen LogP contribution in [0.25, 0.3) is 0 Å². The zero-order valence-corrected chi connectivity index (χ0v) is 13.7. The van der Waals surface area contributed by atoms with Crippen LogP contribution in [0, 0.1) is 0 Å². The number of morpholine rings is 1. The number of carbonyl (C=O) groups excluding carboxylic acids is 2. The lowest BCUT2D eigenvalue weighted by Crippen LogP contribution is -2.57. The van der Waals surface area contributed by atoms with Crippen LogP contribution in [0.3, 0.4) is 0 Å². The topological polar surface area (TPSA) is 61.9 Å². The van der Waals surface area contributed by atoms with Crippen LogP contribution in [0.5, 0.6) is 0 Å². The van der Waals surface area contributed by atoms with Gasteiger partial charge in [0.15, 0.2) is 0 Å². The predicted octanol–water partition coefficient (Wildman–Crippen LogP) is 1.86. The predicted molar refractivity (Wildman–Crippen MR) is 87.7 cm³/mol. The van der Waals surface area contributed by atoms with Gasteiger partial charge >= 0.3 is 6.03 Å². The Labute approximate surface area is 136 Å². The van der Waals surface area contributed by atoms with Crippen LogP contribution in [0.1, 0.15) is 30.6 Å². The molecule has 0 aromatic heterocycles. The lowest BCUT2D eigenvalue weighted by Gasteiger charge is -2.44. The molecule has 1 aromatic rings. The number of ether oxygens (including phenoxy) is 1. The highest BCUT2D eigenvalue weighted by Gasteiger charge is 2.37. The maximum absolute atomic E-state index is 12.8. The number of amides is 3. The molecule has 0 bridgehead atoms. The highest BCUT2D eigenvalue weighted by Crippen LogP contribution is 2.26. The van der Waals surface area contributed by atoms with Gasteiger partial charge in [0, 0.05) is 30.9 Å². The third kappa shape index (κ3) is 2.91. The standard InChI is InChI=1S/C17H23N3O3/c1-3-17(2)12-23-11-10-20(17)15(21)13-4-6-14(7-5-13)19-9-8-18-16(19)22/h4-7H,3,8-12H2,1-2H3,(H,18,22). The second-order valence-corrected chi connectivity index (χ2v) is 6.29. The normalized spacial score (nSPS) is 24.7. The van der Waals surface area contributed by atoms with Crippen molar-refractivity contribution in [2.75, 3.05) is 37.7 Å². The lowest BCUT2D eigenvalue weighted by molar-refractivity contribution is -0.0465. The summed E-state index contributed by atoms with van der Waals surface area (Å²) in [5.74, 6) is 0.0232. The number of hydrogen-bond donors (Lipinski definition) is 1. The highest BCUT2D eigenvalue weighted by atomic mass is 16.5. The molecule has 0 spiro atoms. The number of nitrogens with zero attached hydrogens (tertiary/aromatic N) is 2. The first-order valence-corrected chi connectivity index (χ1v) is 8.10. The smallest absolute Gasteiger partial charge is 0.321 e. The van der Waals surface area contributed by atoms with Gasteiger partial charge in [-0.25, -0.2) is 4.79 Å². The van der Waals surface area contributed by atoms with Crippen molar-refractivity contribution in [3.8, 4) is 0 Å². The van der Waals surface area contributed by atoms with Crippen LogP contribution < -0.4 is 10.2 Å². The van der Waals surface area contributed by atoms with Crippen molar-refractivity contribution in [1.82, 2.24) is 10.2 Å². The summed E-state index contributed by atoms with van der Waals surface area (Å²) in [6.07, 6.45) is 0.852. The molecule has 1 N–H and O–H groups in total. The second kappa shape index (κ2) is 6.20. The fraction of sp³-hybridized carbons (Fsp3) is 0.529. The molecule has 2 heterocycles. The minimum atomic E-state index is -0.261. The quantitative estimate of drug-likeness (QED) is 0.925. The van der Waals surface area contributed by atoms with E-state index < -0.39 is 0 Å².